The van der Waals surface area contributed by atoms with Crippen LogP contribution in [0.25, 0.3) is 0 Å². The molecule has 0 bridgehead atoms. The predicted octanol–water partition coefficient (Wildman–Crippen LogP) is 3.46. The minimum absolute atomic E-state index is 0.0293. The molecule has 1 fully saturated rings. The number of hydrogen-bond acceptors (Lipinski definition) is 5. The standard InChI is InChI=1S/C22H23Cl2N3O5/c1-26(12-19(28)25-21-15(23)5-4-6-16(21)24)22(30)13-9-20(29)27(11-13)17-10-14(31-2)7-8-18(17)32-3/h4-8,10,13H,9,11-12H2,1-3H3,(H,25,28). The van der Waals surface area contributed by atoms with E-state index in [0.717, 1.165) is 0 Å². The molecule has 2 aromatic rings. The molecule has 1 atom stereocenters. The Labute approximate surface area is 196 Å². The van der Waals surface area contributed by atoms with Crippen LogP contribution in [0.1, 0.15) is 6.42 Å². The molecule has 10 heteroatoms. The summed E-state index contributed by atoms with van der Waals surface area (Å²) in [7, 11) is 4.54. The average molecular weight is 480 g/mol. The van der Waals surface area contributed by atoms with Gasteiger partial charge in [0, 0.05) is 26.1 Å². The Morgan fingerprint density at radius 2 is 1.84 bits per heavy atom. The summed E-state index contributed by atoms with van der Waals surface area (Å²) in [5.41, 5.74) is 0.815. The first-order valence-electron chi connectivity index (χ1n) is 9.76. The molecule has 1 heterocycles. The first-order chi connectivity index (χ1) is 15.2. The zero-order valence-corrected chi connectivity index (χ0v) is 19.4. The first kappa shape index (κ1) is 23.7. The van der Waals surface area contributed by atoms with Gasteiger partial charge >= 0.3 is 0 Å². The number of nitrogens with zero attached hydrogens (tertiary/aromatic N) is 2. The molecule has 1 aliphatic heterocycles. The molecule has 0 aliphatic carbocycles. The van der Waals surface area contributed by atoms with Crippen molar-refractivity contribution < 1.29 is 23.9 Å². The van der Waals surface area contributed by atoms with Crippen LogP contribution in [-0.2, 0) is 14.4 Å². The third-order valence-electron chi connectivity index (χ3n) is 5.14. The molecule has 2 aromatic carbocycles. The Morgan fingerprint density at radius 1 is 1.16 bits per heavy atom. The molecule has 3 amide bonds. The van der Waals surface area contributed by atoms with Crippen LogP contribution in [0.15, 0.2) is 36.4 Å². The fourth-order valence-corrected chi connectivity index (χ4v) is 4.01. The highest BCUT2D eigenvalue weighted by atomic mass is 35.5. The molecular formula is C22H23Cl2N3O5. The largest absolute Gasteiger partial charge is 0.497 e. The third kappa shape index (κ3) is 5.08. The van der Waals surface area contributed by atoms with Gasteiger partial charge in [0.05, 0.1) is 48.1 Å². The van der Waals surface area contributed by atoms with Crippen molar-refractivity contribution in [2.24, 2.45) is 5.92 Å². The third-order valence-corrected chi connectivity index (χ3v) is 5.77. The lowest BCUT2D eigenvalue weighted by Crippen LogP contribution is -2.39. The van der Waals surface area contributed by atoms with Gasteiger partial charge in [-0.25, -0.2) is 0 Å². The lowest BCUT2D eigenvalue weighted by Gasteiger charge is -2.22. The fourth-order valence-electron chi connectivity index (χ4n) is 3.51. The van der Waals surface area contributed by atoms with Crippen LogP contribution in [0.5, 0.6) is 11.5 Å². The Hall–Kier alpha value is -2.97. The molecule has 0 radical (unpaired) electrons. The van der Waals surface area contributed by atoms with Gasteiger partial charge in [-0.3, -0.25) is 14.4 Å². The van der Waals surface area contributed by atoms with E-state index in [-0.39, 0.29) is 37.0 Å². The molecule has 1 N–H and O–H groups in total. The predicted molar refractivity (Wildman–Crippen MR) is 123 cm³/mol. The van der Waals surface area contributed by atoms with Crippen molar-refractivity contribution in [1.82, 2.24) is 4.90 Å². The van der Waals surface area contributed by atoms with Crippen molar-refractivity contribution in [2.75, 3.05) is 44.6 Å². The Balaban J connectivity index is 1.67. The summed E-state index contributed by atoms with van der Waals surface area (Å²) < 4.78 is 10.6. The van der Waals surface area contributed by atoms with E-state index in [1.807, 2.05) is 0 Å². The van der Waals surface area contributed by atoms with Crippen molar-refractivity contribution in [2.45, 2.75) is 6.42 Å². The van der Waals surface area contributed by atoms with E-state index in [9.17, 15) is 14.4 Å². The van der Waals surface area contributed by atoms with Crippen LogP contribution in [0, 0.1) is 5.92 Å². The number of halogens is 2. The van der Waals surface area contributed by atoms with E-state index in [1.165, 1.54) is 31.1 Å². The molecule has 32 heavy (non-hydrogen) atoms. The number of carbonyl (C=O) groups excluding carboxylic acids is 3. The highest BCUT2D eigenvalue weighted by Gasteiger charge is 2.38. The van der Waals surface area contributed by atoms with Gasteiger partial charge in [0.15, 0.2) is 0 Å². The number of anilines is 2. The van der Waals surface area contributed by atoms with E-state index in [2.05, 4.69) is 5.32 Å². The van der Waals surface area contributed by atoms with Crippen LogP contribution in [0.4, 0.5) is 11.4 Å². The monoisotopic (exact) mass is 479 g/mol. The second-order valence-electron chi connectivity index (χ2n) is 7.28. The second kappa shape index (κ2) is 10.1. The Kier molecular flexibility index (Phi) is 7.48. The van der Waals surface area contributed by atoms with Crippen LogP contribution in [-0.4, -0.2) is 57.0 Å². The topological polar surface area (TPSA) is 88.2 Å². The number of benzene rings is 2. The number of nitrogens with one attached hydrogen (secondary N) is 1. The van der Waals surface area contributed by atoms with Crippen LogP contribution in [0.3, 0.4) is 0 Å². The number of para-hydroxylation sites is 1. The van der Waals surface area contributed by atoms with Crippen molar-refractivity contribution in [3.8, 4) is 11.5 Å². The van der Waals surface area contributed by atoms with Crippen LogP contribution < -0.4 is 19.7 Å². The molecule has 8 nitrogen and oxygen atoms in total. The first-order valence-corrected chi connectivity index (χ1v) is 10.5. The number of ether oxygens (including phenoxy) is 2. The minimum atomic E-state index is -0.597. The molecule has 0 spiro atoms. The van der Waals surface area contributed by atoms with Crippen LogP contribution in [0.2, 0.25) is 10.0 Å². The summed E-state index contributed by atoms with van der Waals surface area (Å²) >= 11 is 12.1. The van der Waals surface area contributed by atoms with Crippen LogP contribution >= 0.6 is 23.2 Å². The molecule has 0 aromatic heterocycles. The minimum Gasteiger partial charge on any atom is -0.497 e. The Bertz CT molecular complexity index is 1030. The molecule has 1 aliphatic rings. The van der Waals surface area contributed by atoms with Gasteiger partial charge in [-0.1, -0.05) is 29.3 Å². The number of rotatable bonds is 7. The lowest BCUT2D eigenvalue weighted by atomic mass is 10.1. The number of carbonyl (C=O) groups is 3. The molecule has 0 saturated carbocycles. The van der Waals surface area contributed by atoms with Crippen molar-refractivity contribution in [3.05, 3.63) is 46.4 Å². The lowest BCUT2D eigenvalue weighted by molar-refractivity contribution is -0.137. The highest BCUT2D eigenvalue weighted by molar-refractivity contribution is 6.39. The summed E-state index contributed by atoms with van der Waals surface area (Å²) in [6.07, 6.45) is 0.0293. The molecular weight excluding hydrogens is 457 g/mol. The van der Waals surface area contributed by atoms with E-state index in [0.29, 0.717) is 27.2 Å². The summed E-state index contributed by atoms with van der Waals surface area (Å²) in [6, 6.07) is 9.98. The summed E-state index contributed by atoms with van der Waals surface area (Å²) in [5, 5.41) is 3.21. The van der Waals surface area contributed by atoms with E-state index < -0.39 is 11.8 Å². The van der Waals surface area contributed by atoms with E-state index in [1.54, 1.807) is 36.4 Å². The molecule has 1 saturated heterocycles. The molecule has 3 rings (SSSR count). The normalized spacial score (nSPS) is 15.5. The Morgan fingerprint density at radius 3 is 2.47 bits per heavy atom. The van der Waals surface area contributed by atoms with Gasteiger partial charge < -0.3 is 24.6 Å². The van der Waals surface area contributed by atoms with Gasteiger partial charge in [-0.05, 0) is 24.3 Å². The molecule has 170 valence electrons. The van der Waals surface area contributed by atoms with Gasteiger partial charge in [0.25, 0.3) is 0 Å². The van der Waals surface area contributed by atoms with E-state index >= 15 is 0 Å². The summed E-state index contributed by atoms with van der Waals surface area (Å²) in [6.45, 7) is -0.0446. The fraction of sp³-hybridized carbons (Fsp3) is 0.318. The average Bonchev–Trinajstić information content (AvgIpc) is 3.16. The maximum atomic E-state index is 12.9. The summed E-state index contributed by atoms with van der Waals surface area (Å²) in [5.74, 6) is -0.516. The maximum Gasteiger partial charge on any atom is 0.244 e. The molecule has 1 unspecified atom stereocenters. The van der Waals surface area contributed by atoms with Gasteiger partial charge in [-0.15, -0.1) is 0 Å². The van der Waals surface area contributed by atoms with Gasteiger partial charge in [0.1, 0.15) is 11.5 Å². The quantitative estimate of drug-likeness (QED) is 0.656. The van der Waals surface area contributed by atoms with Crippen molar-refractivity contribution >= 4 is 52.3 Å². The van der Waals surface area contributed by atoms with Crippen molar-refractivity contribution in [3.63, 3.8) is 0 Å². The summed E-state index contributed by atoms with van der Waals surface area (Å²) in [4.78, 5) is 40.8. The zero-order valence-electron chi connectivity index (χ0n) is 17.9. The number of hydrogen-bond donors (Lipinski definition) is 1. The second-order valence-corrected chi connectivity index (χ2v) is 8.10. The van der Waals surface area contributed by atoms with Gasteiger partial charge in [-0.2, -0.15) is 0 Å². The maximum absolute atomic E-state index is 12.9. The number of amides is 3. The van der Waals surface area contributed by atoms with E-state index in [4.69, 9.17) is 32.7 Å². The smallest absolute Gasteiger partial charge is 0.244 e. The van der Waals surface area contributed by atoms with Crippen molar-refractivity contribution in [1.29, 1.82) is 0 Å². The number of methoxy groups -OCH3 is 2. The SMILES string of the molecule is COc1ccc(OC)c(N2CC(C(=O)N(C)CC(=O)Nc3c(Cl)cccc3Cl)CC2=O)c1. The highest BCUT2D eigenvalue weighted by Crippen LogP contribution is 2.36. The number of likely N-dealkylation sites (N-methyl/N-ethyl adjacent to an activating group) is 1. The zero-order chi connectivity index (χ0) is 23.4. The van der Waals surface area contributed by atoms with Gasteiger partial charge in [0.2, 0.25) is 17.7 Å².